The maximum Gasteiger partial charge on any atom is 0.254 e. The number of carbonyl (C=O) groups excluding carboxylic acids is 2. The van der Waals surface area contributed by atoms with Crippen LogP contribution in [0.25, 0.3) is 11.1 Å². The molecule has 4 heteroatoms. The van der Waals surface area contributed by atoms with Crippen LogP contribution in [0.2, 0.25) is 0 Å². The van der Waals surface area contributed by atoms with E-state index in [1.807, 2.05) is 24.3 Å². The van der Waals surface area contributed by atoms with Crippen LogP contribution in [-0.2, 0) is 4.79 Å². The molecule has 24 heavy (non-hydrogen) atoms. The molecule has 3 rings (SSSR count). The van der Waals surface area contributed by atoms with Crippen LogP contribution in [-0.4, -0.2) is 40.4 Å². The number of aliphatic hydroxyl groups excluding tert-OH is 1. The van der Waals surface area contributed by atoms with Crippen molar-refractivity contribution in [1.82, 2.24) is 4.90 Å². The van der Waals surface area contributed by atoms with Gasteiger partial charge in [-0.3, -0.25) is 9.59 Å². The molecule has 124 valence electrons. The molecule has 2 aromatic rings. The highest BCUT2D eigenvalue weighted by Crippen LogP contribution is 2.25. The first-order valence-corrected chi connectivity index (χ1v) is 8.14. The number of ketones is 1. The van der Waals surface area contributed by atoms with E-state index < -0.39 is 12.1 Å². The van der Waals surface area contributed by atoms with E-state index in [1.54, 1.807) is 19.1 Å². The van der Waals surface area contributed by atoms with E-state index in [0.717, 1.165) is 11.1 Å². The molecule has 1 amide bonds. The summed E-state index contributed by atoms with van der Waals surface area (Å²) in [6, 6.07) is 15.1. The van der Waals surface area contributed by atoms with Gasteiger partial charge in [-0.15, -0.1) is 0 Å². The fourth-order valence-corrected chi connectivity index (χ4v) is 3.22. The maximum absolute atomic E-state index is 12.7. The Labute approximate surface area is 141 Å². The molecule has 2 unspecified atom stereocenters. The maximum atomic E-state index is 12.7. The molecule has 1 saturated heterocycles. The fraction of sp³-hybridized carbons (Fsp3) is 0.300. The Morgan fingerprint density at radius 2 is 1.83 bits per heavy atom. The molecule has 0 aliphatic carbocycles. The second kappa shape index (κ2) is 6.57. The van der Waals surface area contributed by atoms with Gasteiger partial charge in [-0.1, -0.05) is 36.4 Å². The van der Waals surface area contributed by atoms with Crippen LogP contribution in [0.5, 0.6) is 0 Å². The summed E-state index contributed by atoms with van der Waals surface area (Å²) >= 11 is 0. The Morgan fingerprint density at radius 3 is 2.46 bits per heavy atom. The number of carbonyl (C=O) groups is 2. The number of nitrogens with zero attached hydrogens (tertiary/aromatic N) is 1. The Bertz CT molecular complexity index is 765. The predicted octanol–water partition coefficient (Wildman–Crippen LogP) is 2.83. The molecule has 0 aromatic heterocycles. The fourth-order valence-electron chi connectivity index (χ4n) is 3.22. The van der Waals surface area contributed by atoms with E-state index in [2.05, 4.69) is 19.1 Å². The zero-order chi connectivity index (χ0) is 17.3. The van der Waals surface area contributed by atoms with Crippen molar-refractivity contribution in [3.05, 3.63) is 59.7 Å². The highest BCUT2D eigenvalue weighted by atomic mass is 16.3. The number of aryl methyl sites for hydroxylation is 1. The molecule has 4 nitrogen and oxygen atoms in total. The molecule has 0 saturated carbocycles. The molecule has 1 aliphatic heterocycles. The lowest BCUT2D eigenvalue weighted by molar-refractivity contribution is -0.116. The Kier molecular flexibility index (Phi) is 4.49. The van der Waals surface area contributed by atoms with E-state index in [1.165, 1.54) is 10.5 Å². The number of hydrogen-bond acceptors (Lipinski definition) is 3. The second-order valence-electron chi connectivity index (χ2n) is 6.38. The Balaban J connectivity index is 1.84. The van der Waals surface area contributed by atoms with Gasteiger partial charge in [0.15, 0.2) is 5.78 Å². The minimum absolute atomic E-state index is 0.00854. The average Bonchev–Trinajstić information content (AvgIpc) is 2.97. The van der Waals surface area contributed by atoms with Gasteiger partial charge >= 0.3 is 0 Å². The van der Waals surface area contributed by atoms with Crippen molar-refractivity contribution in [1.29, 1.82) is 0 Å². The molecule has 1 N–H and O–H groups in total. The summed E-state index contributed by atoms with van der Waals surface area (Å²) < 4.78 is 0. The normalized spacial score (nSPS) is 18.7. The van der Waals surface area contributed by atoms with Gasteiger partial charge in [0, 0.05) is 12.0 Å². The highest BCUT2D eigenvalue weighted by molar-refractivity contribution is 5.99. The molecular weight excluding hydrogens is 302 g/mol. The lowest BCUT2D eigenvalue weighted by atomic mass is 9.99. The summed E-state index contributed by atoms with van der Waals surface area (Å²) in [5, 5.41) is 9.81. The zero-order valence-corrected chi connectivity index (χ0v) is 13.9. The van der Waals surface area contributed by atoms with Gasteiger partial charge in [-0.25, -0.2) is 0 Å². The van der Waals surface area contributed by atoms with Gasteiger partial charge < -0.3 is 10.0 Å². The number of benzene rings is 2. The number of aliphatic hydroxyl groups is 1. The standard InChI is InChI=1S/C20H21NO3/c1-13-5-3-4-6-18(13)15-7-9-16(10-8-15)20(24)21-12-17(23)11-19(21)14(2)22/h3-10,14,19,22H,11-12H2,1-2H3. The van der Waals surface area contributed by atoms with Crippen molar-refractivity contribution >= 4 is 11.7 Å². The molecule has 2 atom stereocenters. The number of amides is 1. The van der Waals surface area contributed by atoms with E-state index in [0.29, 0.717) is 5.56 Å². The average molecular weight is 323 g/mol. The summed E-state index contributed by atoms with van der Waals surface area (Å²) in [5.41, 5.74) is 3.90. The number of Topliss-reactive ketones (excluding diaryl/α,β-unsaturated/α-hetero) is 1. The molecule has 0 spiro atoms. The van der Waals surface area contributed by atoms with Gasteiger partial charge in [-0.2, -0.15) is 0 Å². The SMILES string of the molecule is Cc1ccccc1-c1ccc(C(=O)N2CC(=O)CC2C(C)O)cc1. The zero-order valence-electron chi connectivity index (χ0n) is 13.9. The van der Waals surface area contributed by atoms with Crippen molar-refractivity contribution in [2.45, 2.75) is 32.4 Å². The van der Waals surface area contributed by atoms with Gasteiger partial charge in [0.2, 0.25) is 0 Å². The van der Waals surface area contributed by atoms with Gasteiger partial charge in [0.05, 0.1) is 18.7 Å². The van der Waals surface area contributed by atoms with Crippen LogP contribution in [0.4, 0.5) is 0 Å². The summed E-state index contributed by atoms with van der Waals surface area (Å²) in [5.74, 6) is -0.214. The van der Waals surface area contributed by atoms with Crippen LogP contribution < -0.4 is 0 Å². The van der Waals surface area contributed by atoms with E-state index in [-0.39, 0.29) is 24.7 Å². The summed E-state index contributed by atoms with van der Waals surface area (Å²) in [4.78, 5) is 25.8. The second-order valence-corrected chi connectivity index (χ2v) is 6.38. The first kappa shape index (κ1) is 16.4. The minimum atomic E-state index is -0.716. The molecule has 0 bridgehead atoms. The first-order chi connectivity index (χ1) is 11.5. The highest BCUT2D eigenvalue weighted by Gasteiger charge is 2.37. The van der Waals surface area contributed by atoms with Crippen LogP contribution in [0.15, 0.2) is 48.5 Å². The summed E-state index contributed by atoms with van der Waals surface area (Å²) in [6.07, 6.45) is -0.489. The third-order valence-electron chi connectivity index (χ3n) is 4.59. The van der Waals surface area contributed by atoms with Crippen molar-refractivity contribution in [2.24, 2.45) is 0 Å². The van der Waals surface area contributed by atoms with E-state index >= 15 is 0 Å². The van der Waals surface area contributed by atoms with Crippen LogP contribution in [0.3, 0.4) is 0 Å². The molecule has 1 fully saturated rings. The molecule has 2 aromatic carbocycles. The summed E-state index contributed by atoms with van der Waals surface area (Å²) in [6.45, 7) is 3.75. The number of rotatable bonds is 3. The Hall–Kier alpha value is -2.46. The lowest BCUT2D eigenvalue weighted by Crippen LogP contribution is -2.41. The van der Waals surface area contributed by atoms with Crippen LogP contribution in [0, 0.1) is 6.92 Å². The Morgan fingerprint density at radius 1 is 1.17 bits per heavy atom. The van der Waals surface area contributed by atoms with E-state index in [4.69, 9.17) is 0 Å². The number of likely N-dealkylation sites (tertiary alicyclic amines) is 1. The number of hydrogen-bond donors (Lipinski definition) is 1. The predicted molar refractivity (Wildman–Crippen MR) is 92.7 cm³/mol. The van der Waals surface area contributed by atoms with Gasteiger partial charge in [0.25, 0.3) is 5.91 Å². The van der Waals surface area contributed by atoms with Crippen molar-refractivity contribution < 1.29 is 14.7 Å². The lowest BCUT2D eigenvalue weighted by Gasteiger charge is -2.26. The smallest absolute Gasteiger partial charge is 0.254 e. The third kappa shape index (κ3) is 3.10. The molecule has 0 radical (unpaired) electrons. The molecule has 1 aliphatic rings. The third-order valence-corrected chi connectivity index (χ3v) is 4.59. The van der Waals surface area contributed by atoms with Gasteiger partial charge in [0.1, 0.15) is 0 Å². The first-order valence-electron chi connectivity index (χ1n) is 8.14. The molecule has 1 heterocycles. The van der Waals surface area contributed by atoms with Crippen molar-refractivity contribution in [3.8, 4) is 11.1 Å². The van der Waals surface area contributed by atoms with Crippen LogP contribution in [0.1, 0.15) is 29.3 Å². The quantitative estimate of drug-likeness (QED) is 0.945. The van der Waals surface area contributed by atoms with E-state index in [9.17, 15) is 14.7 Å². The minimum Gasteiger partial charge on any atom is -0.391 e. The van der Waals surface area contributed by atoms with Gasteiger partial charge in [-0.05, 0) is 42.7 Å². The van der Waals surface area contributed by atoms with Crippen molar-refractivity contribution in [3.63, 3.8) is 0 Å². The monoisotopic (exact) mass is 323 g/mol. The van der Waals surface area contributed by atoms with Crippen molar-refractivity contribution in [2.75, 3.05) is 6.54 Å². The largest absolute Gasteiger partial charge is 0.391 e. The summed E-state index contributed by atoms with van der Waals surface area (Å²) in [7, 11) is 0. The topological polar surface area (TPSA) is 57.6 Å². The van der Waals surface area contributed by atoms with Crippen LogP contribution >= 0.6 is 0 Å². The molecular formula is C20H21NO3.